The Bertz CT molecular complexity index is 436. The lowest BCUT2D eigenvalue weighted by Crippen LogP contribution is -1.87. The minimum absolute atomic E-state index is 0.340. The summed E-state index contributed by atoms with van der Waals surface area (Å²) in [6, 6.07) is 4.97. The highest BCUT2D eigenvalue weighted by Gasteiger charge is 2.13. The van der Waals surface area contributed by atoms with Gasteiger partial charge in [-0.05, 0) is 12.1 Å². The maximum Gasteiger partial charge on any atom is 0.295 e. The molecule has 0 amide bonds. The Kier molecular flexibility index (Phi) is 1.65. The zero-order valence-corrected chi connectivity index (χ0v) is 6.59. The van der Waals surface area contributed by atoms with Crippen LogP contribution in [0, 0.1) is 0 Å². The third kappa shape index (κ3) is 1.22. The summed E-state index contributed by atoms with van der Waals surface area (Å²) in [7, 11) is 0. The molecule has 0 aliphatic carbocycles. The van der Waals surface area contributed by atoms with Gasteiger partial charge < -0.3 is 10.7 Å². The molecule has 0 fully saturated rings. The molecule has 0 unspecified atom stereocenters. The van der Waals surface area contributed by atoms with E-state index in [-0.39, 0.29) is 5.82 Å². The number of anilines is 1. The predicted molar refractivity (Wildman–Crippen MR) is 45.5 cm³/mol. The normalized spacial score (nSPS) is 11.3. The molecule has 0 radical (unpaired) electrons. The number of imidazole rings is 1. The fourth-order valence-electron chi connectivity index (χ4n) is 1.18. The highest BCUT2D eigenvalue weighted by Crippen LogP contribution is 2.22. The summed E-state index contributed by atoms with van der Waals surface area (Å²) in [6.45, 7) is 0. The molecule has 3 nitrogen and oxygen atoms in total. The fourth-order valence-corrected chi connectivity index (χ4v) is 1.18. The van der Waals surface area contributed by atoms with Crippen LogP contribution >= 0.6 is 0 Å². The number of fused-ring (bicyclic) bond motifs is 1. The van der Waals surface area contributed by atoms with Crippen LogP contribution in [0.15, 0.2) is 18.2 Å². The van der Waals surface area contributed by atoms with Gasteiger partial charge in [-0.3, -0.25) is 0 Å². The van der Waals surface area contributed by atoms with Crippen molar-refractivity contribution >= 4 is 16.7 Å². The SMILES string of the molecule is Nc1cccc2[nH]c(C(F)F)nc12. The Hall–Kier alpha value is -1.65. The monoisotopic (exact) mass is 183 g/mol. The van der Waals surface area contributed by atoms with Gasteiger partial charge in [-0.25, -0.2) is 13.8 Å². The van der Waals surface area contributed by atoms with Crippen molar-refractivity contribution in [1.82, 2.24) is 9.97 Å². The van der Waals surface area contributed by atoms with E-state index < -0.39 is 6.43 Å². The lowest BCUT2D eigenvalue weighted by Gasteiger charge is -1.90. The van der Waals surface area contributed by atoms with Gasteiger partial charge in [0, 0.05) is 0 Å². The van der Waals surface area contributed by atoms with Gasteiger partial charge in [-0.2, -0.15) is 0 Å². The Morgan fingerprint density at radius 1 is 1.38 bits per heavy atom. The van der Waals surface area contributed by atoms with Crippen molar-refractivity contribution in [2.75, 3.05) is 5.73 Å². The molecule has 5 heteroatoms. The van der Waals surface area contributed by atoms with Crippen LogP contribution in [-0.4, -0.2) is 9.97 Å². The standard InChI is InChI=1S/C8H7F2N3/c9-7(10)8-12-5-3-1-2-4(11)6(5)13-8/h1-3,7H,11H2,(H,12,13). The number of nitrogens with one attached hydrogen (secondary N) is 1. The molecule has 0 aliphatic heterocycles. The molecular formula is C8H7F2N3. The molecule has 68 valence electrons. The second-order valence-corrected chi connectivity index (χ2v) is 2.67. The average Bonchev–Trinajstić information content (AvgIpc) is 2.49. The van der Waals surface area contributed by atoms with Gasteiger partial charge in [0.1, 0.15) is 5.52 Å². The summed E-state index contributed by atoms with van der Waals surface area (Å²) in [5.41, 5.74) is 6.88. The van der Waals surface area contributed by atoms with E-state index in [4.69, 9.17) is 5.73 Å². The molecule has 0 bridgehead atoms. The number of aromatic amines is 1. The van der Waals surface area contributed by atoms with E-state index in [1.807, 2.05) is 0 Å². The van der Waals surface area contributed by atoms with Gasteiger partial charge in [0.05, 0.1) is 11.2 Å². The number of hydrogen-bond acceptors (Lipinski definition) is 2. The van der Waals surface area contributed by atoms with E-state index >= 15 is 0 Å². The fraction of sp³-hybridized carbons (Fsp3) is 0.125. The lowest BCUT2D eigenvalue weighted by atomic mass is 10.3. The molecule has 0 saturated heterocycles. The summed E-state index contributed by atoms with van der Waals surface area (Å²) in [6.07, 6.45) is -2.59. The number of H-pyrrole nitrogens is 1. The van der Waals surface area contributed by atoms with Gasteiger partial charge in [0.2, 0.25) is 0 Å². The van der Waals surface area contributed by atoms with E-state index in [1.165, 1.54) is 0 Å². The smallest absolute Gasteiger partial charge is 0.295 e. The van der Waals surface area contributed by atoms with E-state index in [0.717, 1.165) is 0 Å². The summed E-state index contributed by atoms with van der Waals surface area (Å²) in [4.78, 5) is 6.18. The number of benzene rings is 1. The van der Waals surface area contributed by atoms with Gasteiger partial charge in [0.25, 0.3) is 6.43 Å². The number of nitrogens with two attached hydrogens (primary N) is 1. The van der Waals surface area contributed by atoms with Crippen molar-refractivity contribution in [3.8, 4) is 0 Å². The number of alkyl halides is 2. The second kappa shape index (κ2) is 2.69. The molecule has 2 rings (SSSR count). The van der Waals surface area contributed by atoms with Crippen LogP contribution in [0.5, 0.6) is 0 Å². The molecule has 2 aromatic rings. The maximum atomic E-state index is 12.2. The van der Waals surface area contributed by atoms with Gasteiger partial charge in [-0.1, -0.05) is 6.07 Å². The number of hydrogen-bond donors (Lipinski definition) is 2. The van der Waals surface area contributed by atoms with Crippen molar-refractivity contribution in [2.24, 2.45) is 0 Å². The first-order chi connectivity index (χ1) is 6.18. The number of aromatic nitrogens is 2. The largest absolute Gasteiger partial charge is 0.397 e. The van der Waals surface area contributed by atoms with E-state index in [0.29, 0.717) is 16.7 Å². The van der Waals surface area contributed by atoms with Crippen LogP contribution in [0.25, 0.3) is 11.0 Å². The minimum Gasteiger partial charge on any atom is -0.397 e. The molecule has 0 spiro atoms. The molecular weight excluding hydrogens is 176 g/mol. The number of para-hydroxylation sites is 1. The van der Waals surface area contributed by atoms with Crippen molar-refractivity contribution in [3.63, 3.8) is 0 Å². The molecule has 0 atom stereocenters. The Balaban J connectivity index is 2.68. The van der Waals surface area contributed by atoms with Crippen LogP contribution < -0.4 is 5.73 Å². The molecule has 1 aromatic carbocycles. The molecule has 1 aromatic heterocycles. The van der Waals surface area contributed by atoms with E-state index in [2.05, 4.69) is 9.97 Å². The van der Waals surface area contributed by atoms with Crippen molar-refractivity contribution in [3.05, 3.63) is 24.0 Å². The number of halogens is 2. The molecule has 1 heterocycles. The highest BCUT2D eigenvalue weighted by atomic mass is 19.3. The third-order valence-corrected chi connectivity index (χ3v) is 1.77. The Labute approximate surface area is 72.6 Å². The lowest BCUT2D eigenvalue weighted by molar-refractivity contribution is 0.142. The first-order valence-corrected chi connectivity index (χ1v) is 3.71. The van der Waals surface area contributed by atoms with E-state index in [1.54, 1.807) is 18.2 Å². The molecule has 3 N–H and O–H groups in total. The second-order valence-electron chi connectivity index (χ2n) is 2.67. The average molecular weight is 183 g/mol. The van der Waals surface area contributed by atoms with Crippen LogP contribution in [0.4, 0.5) is 14.5 Å². The quantitative estimate of drug-likeness (QED) is 0.665. The first kappa shape index (κ1) is 7.97. The van der Waals surface area contributed by atoms with Crippen LogP contribution in [0.3, 0.4) is 0 Å². The zero-order chi connectivity index (χ0) is 9.42. The summed E-state index contributed by atoms with van der Waals surface area (Å²) >= 11 is 0. The molecule has 0 aliphatic rings. The third-order valence-electron chi connectivity index (χ3n) is 1.77. The van der Waals surface area contributed by atoms with Crippen molar-refractivity contribution in [1.29, 1.82) is 0 Å². The Morgan fingerprint density at radius 3 is 2.77 bits per heavy atom. The number of nitrogen functional groups attached to an aromatic ring is 1. The summed E-state index contributed by atoms with van der Waals surface area (Å²) in [5.74, 6) is -0.340. The van der Waals surface area contributed by atoms with E-state index in [9.17, 15) is 8.78 Å². The van der Waals surface area contributed by atoms with Gasteiger partial charge in [-0.15, -0.1) is 0 Å². The van der Waals surface area contributed by atoms with Crippen LogP contribution in [0.2, 0.25) is 0 Å². The highest BCUT2D eigenvalue weighted by molar-refractivity contribution is 5.86. The van der Waals surface area contributed by atoms with Gasteiger partial charge in [0.15, 0.2) is 5.82 Å². The summed E-state index contributed by atoms with van der Waals surface area (Å²) in [5, 5.41) is 0. The Morgan fingerprint density at radius 2 is 2.15 bits per heavy atom. The minimum atomic E-state index is -2.59. The molecule has 13 heavy (non-hydrogen) atoms. The van der Waals surface area contributed by atoms with Crippen LogP contribution in [0.1, 0.15) is 12.2 Å². The van der Waals surface area contributed by atoms with Crippen molar-refractivity contribution < 1.29 is 8.78 Å². The van der Waals surface area contributed by atoms with Gasteiger partial charge >= 0.3 is 0 Å². The maximum absolute atomic E-state index is 12.2. The zero-order valence-electron chi connectivity index (χ0n) is 6.59. The van der Waals surface area contributed by atoms with Crippen molar-refractivity contribution in [2.45, 2.75) is 6.43 Å². The topological polar surface area (TPSA) is 54.7 Å². The number of nitrogens with zero attached hydrogens (tertiary/aromatic N) is 1. The molecule has 0 saturated carbocycles. The first-order valence-electron chi connectivity index (χ1n) is 3.71. The predicted octanol–water partition coefficient (Wildman–Crippen LogP) is 2.08. The van der Waals surface area contributed by atoms with Crippen LogP contribution in [-0.2, 0) is 0 Å². The summed E-state index contributed by atoms with van der Waals surface area (Å²) < 4.78 is 24.4. The number of rotatable bonds is 1.